The lowest BCUT2D eigenvalue weighted by Gasteiger charge is -2.04. The standard InChI is InChI=1S/C19H38O2/c1-18(2)16-14-12-10-8-6-4-3-5-7-9-11-13-15-17-19(20)21/h18H,3-17H2,1-2H3,(H,20,21). The maximum Gasteiger partial charge on any atom is 0.303 e. The summed E-state index contributed by atoms with van der Waals surface area (Å²) in [5, 5.41) is 8.53. The van der Waals surface area contributed by atoms with Crippen LogP contribution in [0.4, 0.5) is 0 Å². The van der Waals surface area contributed by atoms with Crippen molar-refractivity contribution in [3.8, 4) is 0 Å². The van der Waals surface area contributed by atoms with Crippen molar-refractivity contribution in [1.82, 2.24) is 0 Å². The minimum atomic E-state index is -0.654. The highest BCUT2D eigenvalue weighted by Gasteiger charge is 1.97. The van der Waals surface area contributed by atoms with E-state index in [2.05, 4.69) is 13.8 Å². The van der Waals surface area contributed by atoms with E-state index in [4.69, 9.17) is 5.11 Å². The molecule has 0 fully saturated rings. The van der Waals surface area contributed by atoms with Crippen LogP contribution in [0.1, 0.15) is 110 Å². The molecule has 0 heterocycles. The Morgan fingerprint density at radius 1 is 0.667 bits per heavy atom. The van der Waals surface area contributed by atoms with E-state index < -0.39 is 5.97 Å². The van der Waals surface area contributed by atoms with Crippen LogP contribution in [0.3, 0.4) is 0 Å². The van der Waals surface area contributed by atoms with Crippen LogP contribution in [-0.4, -0.2) is 11.1 Å². The van der Waals surface area contributed by atoms with Crippen LogP contribution in [0.5, 0.6) is 0 Å². The van der Waals surface area contributed by atoms with Gasteiger partial charge in [0.2, 0.25) is 0 Å². The highest BCUT2D eigenvalue weighted by atomic mass is 16.4. The molecule has 0 atom stereocenters. The third-order valence-corrected chi connectivity index (χ3v) is 4.17. The van der Waals surface area contributed by atoms with Crippen LogP contribution in [0.2, 0.25) is 0 Å². The normalized spacial score (nSPS) is 11.2. The molecule has 126 valence electrons. The molecule has 0 aromatic carbocycles. The first kappa shape index (κ1) is 20.5. The van der Waals surface area contributed by atoms with Gasteiger partial charge in [-0.15, -0.1) is 0 Å². The third kappa shape index (κ3) is 19.5. The Morgan fingerprint density at radius 3 is 1.33 bits per heavy atom. The molecule has 0 aliphatic carbocycles. The molecule has 0 bridgehead atoms. The fraction of sp³-hybridized carbons (Fsp3) is 0.947. The van der Waals surface area contributed by atoms with Gasteiger partial charge < -0.3 is 5.11 Å². The summed E-state index contributed by atoms with van der Waals surface area (Å²) in [5.41, 5.74) is 0. The maximum atomic E-state index is 10.3. The van der Waals surface area contributed by atoms with Gasteiger partial charge in [-0.2, -0.15) is 0 Å². The Kier molecular flexibility index (Phi) is 15.5. The molecule has 0 spiro atoms. The number of carbonyl (C=O) groups is 1. The van der Waals surface area contributed by atoms with E-state index in [-0.39, 0.29) is 0 Å². The van der Waals surface area contributed by atoms with E-state index in [1.165, 1.54) is 77.0 Å². The third-order valence-electron chi connectivity index (χ3n) is 4.17. The summed E-state index contributed by atoms with van der Waals surface area (Å²) in [6.45, 7) is 4.62. The van der Waals surface area contributed by atoms with Crippen LogP contribution in [0.15, 0.2) is 0 Å². The summed E-state index contributed by atoms with van der Waals surface area (Å²) in [4.78, 5) is 10.3. The predicted molar refractivity (Wildman–Crippen MR) is 91.7 cm³/mol. The maximum absolute atomic E-state index is 10.3. The van der Waals surface area contributed by atoms with Crippen molar-refractivity contribution in [2.24, 2.45) is 5.92 Å². The molecule has 0 unspecified atom stereocenters. The molecule has 0 rings (SSSR count). The molecule has 0 aliphatic rings. The molecule has 0 aromatic rings. The molecule has 0 aromatic heterocycles. The second-order valence-corrected chi connectivity index (χ2v) is 6.92. The zero-order valence-corrected chi connectivity index (χ0v) is 14.5. The topological polar surface area (TPSA) is 37.3 Å². The smallest absolute Gasteiger partial charge is 0.303 e. The highest BCUT2D eigenvalue weighted by Crippen LogP contribution is 2.14. The molecular weight excluding hydrogens is 260 g/mol. The SMILES string of the molecule is CC(C)CCCCCCCCCCCCCCCC(=O)O. The molecular formula is C19H38O2. The van der Waals surface area contributed by atoms with E-state index in [0.29, 0.717) is 6.42 Å². The average Bonchev–Trinajstić information content (AvgIpc) is 2.42. The van der Waals surface area contributed by atoms with Crippen molar-refractivity contribution >= 4 is 5.97 Å². The van der Waals surface area contributed by atoms with Gasteiger partial charge in [-0.25, -0.2) is 0 Å². The van der Waals surface area contributed by atoms with Gasteiger partial charge in [-0.05, 0) is 12.3 Å². The van der Waals surface area contributed by atoms with E-state index in [0.717, 1.165) is 18.8 Å². The fourth-order valence-electron chi connectivity index (χ4n) is 2.77. The van der Waals surface area contributed by atoms with Gasteiger partial charge in [-0.3, -0.25) is 4.79 Å². The summed E-state index contributed by atoms with van der Waals surface area (Å²) in [7, 11) is 0. The van der Waals surface area contributed by atoms with Crippen LogP contribution in [-0.2, 0) is 4.79 Å². The summed E-state index contributed by atoms with van der Waals surface area (Å²) < 4.78 is 0. The van der Waals surface area contributed by atoms with Gasteiger partial charge in [0, 0.05) is 6.42 Å². The van der Waals surface area contributed by atoms with Crippen molar-refractivity contribution in [1.29, 1.82) is 0 Å². The second kappa shape index (κ2) is 15.9. The first-order chi connectivity index (χ1) is 10.1. The molecule has 2 heteroatoms. The molecule has 0 saturated carbocycles. The predicted octanol–water partition coefficient (Wildman–Crippen LogP) is 6.58. The number of aliphatic carboxylic acids is 1. The molecule has 2 nitrogen and oxygen atoms in total. The summed E-state index contributed by atoms with van der Waals surface area (Å²) in [6, 6.07) is 0. The zero-order chi connectivity index (χ0) is 15.8. The van der Waals surface area contributed by atoms with E-state index >= 15 is 0 Å². The van der Waals surface area contributed by atoms with Crippen LogP contribution < -0.4 is 0 Å². The average molecular weight is 299 g/mol. The summed E-state index contributed by atoms with van der Waals surface area (Å²) in [5.74, 6) is 0.216. The Balaban J connectivity index is 2.98. The van der Waals surface area contributed by atoms with Crippen LogP contribution >= 0.6 is 0 Å². The Labute approximate surface area is 132 Å². The van der Waals surface area contributed by atoms with E-state index in [1.54, 1.807) is 0 Å². The molecule has 21 heavy (non-hydrogen) atoms. The van der Waals surface area contributed by atoms with Gasteiger partial charge in [0.1, 0.15) is 0 Å². The lowest BCUT2D eigenvalue weighted by molar-refractivity contribution is -0.137. The van der Waals surface area contributed by atoms with Crippen molar-refractivity contribution in [2.45, 2.75) is 110 Å². The Morgan fingerprint density at radius 2 is 1.00 bits per heavy atom. The zero-order valence-electron chi connectivity index (χ0n) is 14.5. The minimum absolute atomic E-state index is 0.344. The molecule has 0 aliphatic heterocycles. The number of rotatable bonds is 16. The molecule has 0 saturated heterocycles. The number of hydrogen-bond donors (Lipinski definition) is 1. The lowest BCUT2D eigenvalue weighted by atomic mass is 10.0. The summed E-state index contributed by atoms with van der Waals surface area (Å²) >= 11 is 0. The Hall–Kier alpha value is -0.530. The molecule has 1 N–H and O–H groups in total. The van der Waals surface area contributed by atoms with Crippen LogP contribution in [0.25, 0.3) is 0 Å². The highest BCUT2D eigenvalue weighted by molar-refractivity contribution is 5.66. The lowest BCUT2D eigenvalue weighted by Crippen LogP contribution is -1.93. The van der Waals surface area contributed by atoms with Gasteiger partial charge >= 0.3 is 5.97 Å². The van der Waals surface area contributed by atoms with Gasteiger partial charge in [0.15, 0.2) is 0 Å². The first-order valence-electron chi connectivity index (χ1n) is 9.34. The van der Waals surface area contributed by atoms with Crippen molar-refractivity contribution in [2.75, 3.05) is 0 Å². The van der Waals surface area contributed by atoms with Gasteiger partial charge in [-0.1, -0.05) is 97.3 Å². The Bertz CT molecular complexity index is 224. The number of hydrogen-bond acceptors (Lipinski definition) is 1. The monoisotopic (exact) mass is 298 g/mol. The van der Waals surface area contributed by atoms with Gasteiger partial charge in [0.25, 0.3) is 0 Å². The fourth-order valence-corrected chi connectivity index (χ4v) is 2.77. The number of unbranched alkanes of at least 4 members (excludes halogenated alkanes) is 12. The van der Waals surface area contributed by atoms with E-state index in [1.807, 2.05) is 0 Å². The molecule has 0 radical (unpaired) electrons. The van der Waals surface area contributed by atoms with Crippen LogP contribution in [0, 0.1) is 5.92 Å². The first-order valence-corrected chi connectivity index (χ1v) is 9.34. The summed E-state index contributed by atoms with van der Waals surface area (Å²) in [6.07, 6.45) is 18.8. The van der Waals surface area contributed by atoms with Crippen molar-refractivity contribution in [3.63, 3.8) is 0 Å². The quantitative estimate of drug-likeness (QED) is 0.327. The number of carboxylic acids is 1. The van der Waals surface area contributed by atoms with Gasteiger partial charge in [0.05, 0.1) is 0 Å². The van der Waals surface area contributed by atoms with Crippen molar-refractivity contribution in [3.05, 3.63) is 0 Å². The second-order valence-electron chi connectivity index (χ2n) is 6.92. The molecule has 0 amide bonds. The van der Waals surface area contributed by atoms with Crippen molar-refractivity contribution < 1.29 is 9.90 Å². The van der Waals surface area contributed by atoms with E-state index in [9.17, 15) is 4.79 Å². The minimum Gasteiger partial charge on any atom is -0.481 e. The largest absolute Gasteiger partial charge is 0.481 e. The number of carboxylic acid groups (broad SMARTS) is 1.